The Bertz CT molecular complexity index is 665. The molecule has 0 spiro atoms. The van der Waals surface area contributed by atoms with Crippen molar-refractivity contribution in [3.05, 3.63) is 35.9 Å². The van der Waals surface area contributed by atoms with Crippen molar-refractivity contribution in [2.24, 2.45) is 15.7 Å². The number of fused-ring (bicyclic) bond motifs is 1. The number of benzene rings is 1. The van der Waals surface area contributed by atoms with Crippen LogP contribution >= 0.6 is 0 Å². The van der Waals surface area contributed by atoms with E-state index >= 15 is 0 Å². The first kappa shape index (κ1) is 14.6. The molecule has 1 aromatic rings. The Morgan fingerprint density at radius 1 is 1.41 bits per heavy atom. The fourth-order valence-electron chi connectivity index (χ4n) is 2.64. The van der Waals surface area contributed by atoms with Crippen LogP contribution in [0.1, 0.15) is 18.1 Å². The zero-order valence-corrected chi connectivity index (χ0v) is 13.0. The first-order valence-corrected chi connectivity index (χ1v) is 7.42. The van der Waals surface area contributed by atoms with E-state index in [2.05, 4.69) is 33.7 Å². The van der Waals surface area contributed by atoms with Crippen LogP contribution < -0.4 is 15.8 Å². The Kier molecular flexibility index (Phi) is 3.85. The Hall–Kier alpha value is -2.34. The van der Waals surface area contributed by atoms with Crippen LogP contribution in [0.3, 0.4) is 0 Å². The zero-order chi connectivity index (χ0) is 15.7. The van der Waals surface area contributed by atoms with Crippen molar-refractivity contribution >= 4 is 17.7 Å². The third-order valence-electron chi connectivity index (χ3n) is 3.75. The highest BCUT2D eigenvalue weighted by Gasteiger charge is 2.23. The Balaban J connectivity index is 1.99. The molecule has 1 fully saturated rings. The predicted molar refractivity (Wildman–Crippen MR) is 88.9 cm³/mol. The number of aryl methyl sites for hydroxylation is 1. The van der Waals surface area contributed by atoms with Crippen molar-refractivity contribution in [1.82, 2.24) is 10.2 Å². The van der Waals surface area contributed by atoms with Crippen molar-refractivity contribution in [1.29, 1.82) is 0 Å². The van der Waals surface area contributed by atoms with Crippen LogP contribution in [0, 0.1) is 6.92 Å². The maximum atomic E-state index is 6.05. The maximum absolute atomic E-state index is 6.05. The van der Waals surface area contributed by atoms with E-state index in [9.17, 15) is 0 Å². The summed E-state index contributed by atoms with van der Waals surface area (Å²) in [4.78, 5) is 10.7. The Morgan fingerprint density at radius 2 is 2.23 bits per heavy atom. The number of amidine groups is 1. The van der Waals surface area contributed by atoms with Crippen LogP contribution in [-0.4, -0.2) is 42.6 Å². The first-order valence-electron chi connectivity index (χ1n) is 7.42. The second-order valence-corrected chi connectivity index (χ2v) is 5.71. The lowest BCUT2D eigenvalue weighted by Gasteiger charge is -2.33. The first-order chi connectivity index (χ1) is 10.5. The Morgan fingerprint density at radius 3 is 3.00 bits per heavy atom. The van der Waals surface area contributed by atoms with Crippen LogP contribution in [-0.2, 0) is 0 Å². The molecule has 0 amide bonds. The number of hydrogen-bond acceptors (Lipinski definition) is 6. The summed E-state index contributed by atoms with van der Waals surface area (Å²) in [5, 5.41) is 3.40. The quantitative estimate of drug-likeness (QED) is 0.757. The second-order valence-electron chi connectivity index (χ2n) is 5.71. The van der Waals surface area contributed by atoms with E-state index in [-0.39, 0.29) is 5.96 Å². The summed E-state index contributed by atoms with van der Waals surface area (Å²) < 4.78 is 6.05. The standard InChI is InChI=1S/C16H21N5O/c1-10-4-5-14-13(8-10)12(3)19-15(17)20-16(22-14)21-7-6-18-11(2)9-21/h4-5,8,11,18H,3,6-7,9H2,1-2H3,(H2,17,19)/b20-16-. The van der Waals surface area contributed by atoms with Crippen molar-refractivity contribution in [2.45, 2.75) is 19.9 Å². The van der Waals surface area contributed by atoms with Crippen LogP contribution in [0.15, 0.2) is 34.8 Å². The molecule has 2 aliphatic rings. The van der Waals surface area contributed by atoms with Gasteiger partial charge in [-0.3, -0.25) is 0 Å². The highest BCUT2D eigenvalue weighted by atomic mass is 16.5. The minimum atomic E-state index is 0.165. The molecule has 2 heterocycles. The van der Waals surface area contributed by atoms with Gasteiger partial charge in [-0.1, -0.05) is 18.2 Å². The van der Waals surface area contributed by atoms with Gasteiger partial charge in [0, 0.05) is 31.2 Å². The van der Waals surface area contributed by atoms with Gasteiger partial charge in [0.15, 0.2) is 0 Å². The van der Waals surface area contributed by atoms with E-state index < -0.39 is 0 Å². The van der Waals surface area contributed by atoms with Gasteiger partial charge in [0.2, 0.25) is 5.96 Å². The lowest BCUT2D eigenvalue weighted by Crippen LogP contribution is -2.53. The largest absolute Gasteiger partial charge is 0.425 e. The summed E-state index contributed by atoms with van der Waals surface area (Å²) in [7, 11) is 0. The maximum Gasteiger partial charge on any atom is 0.301 e. The number of guanidine groups is 1. The van der Waals surface area contributed by atoms with Gasteiger partial charge in [-0.25, -0.2) is 4.99 Å². The average Bonchev–Trinajstić information content (AvgIpc) is 2.46. The molecule has 6 heteroatoms. The molecule has 0 aliphatic carbocycles. The summed E-state index contributed by atoms with van der Waals surface area (Å²) in [6, 6.07) is 6.79. The van der Waals surface area contributed by atoms with Gasteiger partial charge >= 0.3 is 6.02 Å². The molecule has 1 aromatic carbocycles. The smallest absolute Gasteiger partial charge is 0.301 e. The van der Waals surface area contributed by atoms with Gasteiger partial charge in [-0.2, -0.15) is 4.99 Å². The number of rotatable bonds is 0. The molecule has 0 saturated carbocycles. The van der Waals surface area contributed by atoms with Crippen molar-refractivity contribution in [3.8, 4) is 5.75 Å². The van der Waals surface area contributed by atoms with Crippen LogP contribution in [0.25, 0.3) is 5.70 Å². The van der Waals surface area contributed by atoms with E-state index in [1.807, 2.05) is 25.1 Å². The van der Waals surface area contributed by atoms with E-state index in [0.29, 0.717) is 23.5 Å². The topological polar surface area (TPSA) is 75.2 Å². The summed E-state index contributed by atoms with van der Waals surface area (Å²) >= 11 is 0. The van der Waals surface area contributed by atoms with Gasteiger partial charge in [0.05, 0.1) is 5.70 Å². The molecule has 3 N–H and O–H groups in total. The highest BCUT2D eigenvalue weighted by molar-refractivity contribution is 5.96. The number of nitrogens with zero attached hydrogens (tertiary/aromatic N) is 3. The Labute approximate surface area is 130 Å². The monoisotopic (exact) mass is 299 g/mol. The fraction of sp³-hybridized carbons (Fsp3) is 0.375. The van der Waals surface area contributed by atoms with Crippen molar-refractivity contribution in [3.63, 3.8) is 0 Å². The van der Waals surface area contributed by atoms with Crippen molar-refractivity contribution < 1.29 is 4.74 Å². The number of piperazine rings is 1. The van der Waals surface area contributed by atoms with E-state index in [4.69, 9.17) is 10.5 Å². The van der Waals surface area contributed by atoms with Gasteiger partial charge in [0.1, 0.15) is 5.75 Å². The molecule has 1 saturated heterocycles. The summed E-state index contributed by atoms with van der Waals surface area (Å²) in [5.41, 5.74) is 8.43. The van der Waals surface area contributed by atoms with Gasteiger partial charge in [-0.15, -0.1) is 0 Å². The number of hydrogen-bond donors (Lipinski definition) is 2. The third kappa shape index (κ3) is 2.96. The van der Waals surface area contributed by atoms with Crippen molar-refractivity contribution in [2.75, 3.05) is 19.6 Å². The molecule has 0 bridgehead atoms. The van der Waals surface area contributed by atoms with Crippen LogP contribution in [0.5, 0.6) is 5.75 Å². The van der Waals surface area contributed by atoms with Crippen LogP contribution in [0.4, 0.5) is 0 Å². The molecule has 116 valence electrons. The lowest BCUT2D eigenvalue weighted by atomic mass is 10.1. The number of nitrogens with one attached hydrogen (secondary N) is 1. The van der Waals surface area contributed by atoms with Gasteiger partial charge in [0.25, 0.3) is 0 Å². The average molecular weight is 299 g/mol. The normalized spacial score (nSPS) is 24.4. The number of ether oxygens (including phenoxy) is 1. The van der Waals surface area contributed by atoms with Gasteiger partial charge in [-0.05, 0) is 26.0 Å². The summed E-state index contributed by atoms with van der Waals surface area (Å²) in [6.45, 7) is 10.6. The molecular formula is C16H21N5O. The van der Waals surface area contributed by atoms with E-state index in [1.165, 1.54) is 0 Å². The highest BCUT2D eigenvalue weighted by Crippen LogP contribution is 2.29. The molecule has 1 unspecified atom stereocenters. The van der Waals surface area contributed by atoms with E-state index in [1.54, 1.807) is 0 Å². The molecule has 22 heavy (non-hydrogen) atoms. The second kappa shape index (κ2) is 5.81. The van der Waals surface area contributed by atoms with Crippen LogP contribution in [0.2, 0.25) is 0 Å². The SMILES string of the molecule is C=C1N=C(N)/N=C(/N2CCNC(C)C2)Oc2ccc(C)cc21. The molecule has 6 nitrogen and oxygen atoms in total. The fourth-order valence-corrected chi connectivity index (χ4v) is 2.64. The predicted octanol–water partition coefficient (Wildman–Crippen LogP) is 1.32. The molecule has 1 atom stereocenters. The van der Waals surface area contributed by atoms with E-state index in [0.717, 1.165) is 30.8 Å². The number of aliphatic imine (C=N–C) groups is 2. The third-order valence-corrected chi connectivity index (χ3v) is 3.75. The molecule has 2 aliphatic heterocycles. The molecule has 3 rings (SSSR count). The minimum absolute atomic E-state index is 0.165. The molecule has 0 radical (unpaired) electrons. The number of nitrogens with two attached hydrogens (primary N) is 1. The van der Waals surface area contributed by atoms with Gasteiger partial charge < -0.3 is 20.7 Å². The molecule has 0 aromatic heterocycles. The zero-order valence-electron chi connectivity index (χ0n) is 13.0. The lowest BCUT2D eigenvalue weighted by molar-refractivity contribution is 0.265. The summed E-state index contributed by atoms with van der Waals surface area (Å²) in [6.07, 6.45) is 0. The minimum Gasteiger partial charge on any atom is -0.425 e. The summed E-state index contributed by atoms with van der Waals surface area (Å²) in [5.74, 6) is 0.870. The molecular weight excluding hydrogens is 278 g/mol.